The van der Waals surface area contributed by atoms with E-state index in [9.17, 15) is 9.59 Å². The van der Waals surface area contributed by atoms with Crippen LogP contribution in [0.4, 0.5) is 11.5 Å². The average Bonchev–Trinajstić information content (AvgIpc) is 3.21. The van der Waals surface area contributed by atoms with E-state index < -0.39 is 11.2 Å². The maximum atomic E-state index is 12.8. The number of ether oxygens (including phenoxy) is 1. The molecule has 0 saturated heterocycles. The lowest BCUT2D eigenvalue weighted by Crippen LogP contribution is -2.39. The van der Waals surface area contributed by atoms with Gasteiger partial charge in [-0.3, -0.25) is 14.3 Å². The van der Waals surface area contributed by atoms with Crippen LogP contribution in [0.15, 0.2) is 44.4 Å². The quantitative estimate of drug-likeness (QED) is 0.480. The van der Waals surface area contributed by atoms with Crippen LogP contribution in [0.25, 0.3) is 0 Å². The second-order valence-corrected chi connectivity index (χ2v) is 8.60. The number of nitrogens with one attached hydrogen (secondary N) is 1. The Morgan fingerprint density at radius 1 is 1.22 bits per heavy atom. The number of methoxy groups -OCH3 is 1. The van der Waals surface area contributed by atoms with Gasteiger partial charge in [0.1, 0.15) is 11.5 Å². The number of hydrogen-bond acceptors (Lipinski definition) is 8. The Kier molecular flexibility index (Phi) is 7.14. The predicted molar refractivity (Wildman–Crippen MR) is 122 cm³/mol. The van der Waals surface area contributed by atoms with Gasteiger partial charge < -0.3 is 19.9 Å². The molecule has 0 unspecified atom stereocenters. The summed E-state index contributed by atoms with van der Waals surface area (Å²) in [4.78, 5) is 33.9. The first-order valence-corrected chi connectivity index (χ1v) is 10.4. The van der Waals surface area contributed by atoms with E-state index in [2.05, 4.69) is 15.1 Å². The van der Waals surface area contributed by atoms with Crippen LogP contribution in [0.5, 0.6) is 0 Å². The van der Waals surface area contributed by atoms with Gasteiger partial charge in [-0.05, 0) is 12.0 Å². The largest absolute Gasteiger partial charge is 0.385 e. The number of aromatic nitrogens is 4. The third-order valence-electron chi connectivity index (χ3n) is 4.93. The smallest absolute Gasteiger partial charge is 0.330 e. The van der Waals surface area contributed by atoms with Crippen LogP contribution in [0, 0.1) is 0 Å². The molecule has 0 amide bonds. The molecule has 0 aliphatic heterocycles. The summed E-state index contributed by atoms with van der Waals surface area (Å²) >= 11 is 0. The fraction of sp³-hybridized carbons (Fsp3) is 0.455. The molecule has 0 saturated carbocycles. The lowest BCUT2D eigenvalue weighted by Gasteiger charge is -2.25. The lowest BCUT2D eigenvalue weighted by atomic mass is 9.97. The molecule has 0 aliphatic carbocycles. The highest BCUT2D eigenvalue weighted by Crippen LogP contribution is 2.23. The molecule has 0 radical (unpaired) electrons. The topological polar surface area (TPSA) is 132 Å². The number of hydrogen-bond donors (Lipinski definition) is 2. The van der Waals surface area contributed by atoms with E-state index >= 15 is 0 Å². The minimum absolute atomic E-state index is 0.0829. The van der Waals surface area contributed by atoms with Crippen LogP contribution in [-0.4, -0.2) is 40.0 Å². The van der Waals surface area contributed by atoms with Crippen LogP contribution < -0.4 is 21.9 Å². The molecule has 0 bridgehead atoms. The molecule has 0 spiro atoms. The maximum Gasteiger partial charge on any atom is 0.330 e. The molecule has 2 heterocycles. The molecule has 10 nitrogen and oxygen atoms in total. The van der Waals surface area contributed by atoms with Crippen molar-refractivity contribution in [2.75, 3.05) is 30.9 Å². The highest BCUT2D eigenvalue weighted by atomic mass is 16.5. The third-order valence-corrected chi connectivity index (χ3v) is 4.93. The van der Waals surface area contributed by atoms with E-state index in [1.165, 1.54) is 4.57 Å². The van der Waals surface area contributed by atoms with Crippen LogP contribution in [0.1, 0.15) is 44.5 Å². The van der Waals surface area contributed by atoms with Gasteiger partial charge in [0.15, 0.2) is 5.82 Å². The summed E-state index contributed by atoms with van der Waals surface area (Å²) in [6, 6.07) is 9.43. The highest BCUT2D eigenvalue weighted by Gasteiger charge is 2.24. The Labute approximate surface area is 186 Å². The predicted octanol–water partition coefficient (Wildman–Crippen LogP) is 1.89. The van der Waals surface area contributed by atoms with Crippen molar-refractivity contribution in [2.45, 2.75) is 45.7 Å². The Morgan fingerprint density at radius 3 is 2.56 bits per heavy atom. The van der Waals surface area contributed by atoms with E-state index in [-0.39, 0.29) is 30.0 Å². The number of H-pyrrole nitrogens is 1. The van der Waals surface area contributed by atoms with Gasteiger partial charge >= 0.3 is 5.69 Å². The van der Waals surface area contributed by atoms with Gasteiger partial charge in [0.25, 0.3) is 5.56 Å². The van der Waals surface area contributed by atoms with E-state index in [1.807, 2.05) is 51.1 Å². The standard InChI is InChI=1S/C22H30N6O4/c1-22(2,3)20-24-16(26-32-20)14-27(11-8-12-31-4)17-18(23)28(21(30)25-19(17)29)13-15-9-6-5-7-10-15/h5-7,9-10H,8,11-14,23H2,1-4H3,(H,25,29,30). The average molecular weight is 443 g/mol. The maximum absolute atomic E-state index is 12.8. The Balaban J connectivity index is 1.99. The molecular formula is C22H30N6O4. The van der Waals surface area contributed by atoms with Crippen molar-refractivity contribution in [2.24, 2.45) is 0 Å². The molecule has 3 rings (SSSR count). The van der Waals surface area contributed by atoms with Gasteiger partial charge in [-0.2, -0.15) is 4.98 Å². The molecular weight excluding hydrogens is 412 g/mol. The Morgan fingerprint density at radius 2 is 1.94 bits per heavy atom. The number of anilines is 2. The summed E-state index contributed by atoms with van der Waals surface area (Å²) in [5, 5.41) is 4.06. The van der Waals surface area contributed by atoms with E-state index in [0.717, 1.165) is 5.56 Å². The zero-order chi connectivity index (χ0) is 23.3. The van der Waals surface area contributed by atoms with Gasteiger partial charge in [0, 0.05) is 25.7 Å². The second-order valence-electron chi connectivity index (χ2n) is 8.60. The molecule has 3 N–H and O–H groups in total. The molecule has 0 atom stereocenters. The minimum Gasteiger partial charge on any atom is -0.385 e. The van der Waals surface area contributed by atoms with Crippen molar-refractivity contribution in [1.82, 2.24) is 19.7 Å². The van der Waals surface area contributed by atoms with E-state index in [0.29, 0.717) is 31.3 Å². The first-order chi connectivity index (χ1) is 15.2. The van der Waals surface area contributed by atoms with Gasteiger partial charge in [0.05, 0.1) is 13.1 Å². The normalized spacial score (nSPS) is 11.6. The molecule has 0 fully saturated rings. The summed E-state index contributed by atoms with van der Waals surface area (Å²) in [6.07, 6.45) is 0.636. The van der Waals surface area contributed by atoms with Crippen LogP contribution in [-0.2, 0) is 23.2 Å². The van der Waals surface area contributed by atoms with Crippen molar-refractivity contribution in [3.05, 3.63) is 68.4 Å². The van der Waals surface area contributed by atoms with Crippen LogP contribution in [0.2, 0.25) is 0 Å². The number of nitrogens with two attached hydrogens (primary N) is 1. The van der Waals surface area contributed by atoms with Crippen molar-refractivity contribution in [3.8, 4) is 0 Å². The fourth-order valence-electron chi connectivity index (χ4n) is 3.27. The van der Waals surface area contributed by atoms with Crippen molar-refractivity contribution in [3.63, 3.8) is 0 Å². The molecule has 2 aromatic heterocycles. The number of rotatable bonds is 9. The third kappa shape index (κ3) is 5.44. The molecule has 172 valence electrons. The zero-order valence-electron chi connectivity index (χ0n) is 18.9. The van der Waals surface area contributed by atoms with E-state index in [4.69, 9.17) is 15.0 Å². The highest BCUT2D eigenvalue weighted by molar-refractivity contribution is 5.62. The summed E-state index contributed by atoms with van der Waals surface area (Å²) in [6.45, 7) is 7.30. The summed E-state index contributed by atoms with van der Waals surface area (Å²) < 4.78 is 11.9. The summed E-state index contributed by atoms with van der Waals surface area (Å²) in [5.74, 6) is 1.01. The van der Waals surface area contributed by atoms with Crippen molar-refractivity contribution >= 4 is 11.5 Å². The van der Waals surface area contributed by atoms with Crippen molar-refractivity contribution < 1.29 is 9.26 Å². The Hall–Kier alpha value is -3.40. The monoisotopic (exact) mass is 442 g/mol. The summed E-state index contributed by atoms with van der Waals surface area (Å²) in [7, 11) is 1.61. The van der Waals surface area contributed by atoms with Crippen molar-refractivity contribution in [1.29, 1.82) is 0 Å². The number of benzene rings is 1. The SMILES string of the molecule is COCCCN(Cc1noc(C(C)(C)C)n1)c1c(N)n(Cc2ccccc2)c(=O)[nH]c1=O. The van der Waals surface area contributed by atoms with Gasteiger partial charge in [-0.25, -0.2) is 4.79 Å². The molecule has 1 aromatic carbocycles. The summed E-state index contributed by atoms with van der Waals surface area (Å²) in [5.41, 5.74) is 6.03. The van der Waals surface area contributed by atoms with Gasteiger partial charge in [-0.15, -0.1) is 0 Å². The molecule has 10 heteroatoms. The van der Waals surface area contributed by atoms with Crippen LogP contribution in [0.3, 0.4) is 0 Å². The Bertz CT molecular complexity index is 1140. The van der Waals surface area contributed by atoms with Gasteiger partial charge in [0.2, 0.25) is 5.89 Å². The lowest BCUT2D eigenvalue weighted by molar-refractivity contribution is 0.196. The molecule has 32 heavy (non-hydrogen) atoms. The fourth-order valence-corrected chi connectivity index (χ4v) is 3.27. The first kappa shape index (κ1) is 23.3. The number of nitrogen functional groups attached to an aromatic ring is 1. The first-order valence-electron chi connectivity index (χ1n) is 10.4. The zero-order valence-corrected chi connectivity index (χ0v) is 18.9. The number of aromatic amines is 1. The van der Waals surface area contributed by atoms with Crippen LogP contribution >= 0.6 is 0 Å². The van der Waals surface area contributed by atoms with Gasteiger partial charge in [-0.1, -0.05) is 56.3 Å². The minimum atomic E-state index is -0.563. The number of nitrogens with zero attached hydrogens (tertiary/aromatic N) is 4. The molecule has 0 aliphatic rings. The second kappa shape index (κ2) is 9.82. The van der Waals surface area contributed by atoms with E-state index in [1.54, 1.807) is 12.0 Å². The molecule has 3 aromatic rings.